The quantitative estimate of drug-likeness (QED) is 0.705. The number of hydrogen-bond acceptors (Lipinski definition) is 5. The summed E-state index contributed by atoms with van der Waals surface area (Å²) in [5.74, 6) is -0.579. The van der Waals surface area contributed by atoms with E-state index < -0.39 is 0 Å². The summed E-state index contributed by atoms with van der Waals surface area (Å²) in [4.78, 5) is 27.9. The molecule has 0 bridgehead atoms. The lowest BCUT2D eigenvalue weighted by molar-refractivity contribution is -0.148. The minimum atomic E-state index is -0.339. The molecule has 24 heavy (non-hydrogen) atoms. The van der Waals surface area contributed by atoms with Gasteiger partial charge in [0.05, 0.1) is 15.2 Å². The smallest absolute Gasteiger partial charge is 0.306 e. The lowest BCUT2D eigenvalue weighted by atomic mass is 10.2. The third-order valence-corrected chi connectivity index (χ3v) is 4.70. The second-order valence-electron chi connectivity index (χ2n) is 5.85. The molecule has 0 radical (unpaired) electrons. The van der Waals surface area contributed by atoms with Gasteiger partial charge in [0.1, 0.15) is 0 Å². The van der Waals surface area contributed by atoms with Crippen LogP contribution in [-0.4, -0.2) is 29.5 Å². The van der Waals surface area contributed by atoms with Crippen LogP contribution in [0.25, 0.3) is 10.2 Å². The molecule has 2 aromatic rings. The van der Waals surface area contributed by atoms with Crippen LogP contribution in [0.5, 0.6) is 0 Å². The Morgan fingerprint density at radius 2 is 2.12 bits per heavy atom. The van der Waals surface area contributed by atoms with Crippen molar-refractivity contribution in [2.24, 2.45) is 0 Å². The highest BCUT2D eigenvalue weighted by molar-refractivity contribution is 7.18. The van der Waals surface area contributed by atoms with E-state index >= 15 is 0 Å². The minimum Gasteiger partial charge on any atom is -0.456 e. The van der Waals surface area contributed by atoms with Crippen molar-refractivity contribution in [2.45, 2.75) is 52.0 Å². The van der Waals surface area contributed by atoms with Crippen molar-refractivity contribution in [1.82, 2.24) is 10.3 Å². The van der Waals surface area contributed by atoms with Crippen molar-refractivity contribution in [3.05, 3.63) is 29.3 Å². The summed E-state index contributed by atoms with van der Waals surface area (Å²) < 4.78 is 6.17. The summed E-state index contributed by atoms with van der Waals surface area (Å²) in [6, 6.07) is 8.11. The van der Waals surface area contributed by atoms with Gasteiger partial charge in [0.25, 0.3) is 5.91 Å². The fraction of sp³-hybridized carbons (Fsp3) is 0.500. The number of aromatic nitrogens is 1. The number of nitrogens with one attached hydrogen (secondary N) is 1. The van der Waals surface area contributed by atoms with E-state index in [2.05, 4.69) is 17.2 Å². The molecule has 0 unspecified atom stereocenters. The molecule has 5 nitrogen and oxygen atoms in total. The molecule has 0 fully saturated rings. The number of thiazole rings is 1. The summed E-state index contributed by atoms with van der Waals surface area (Å²) >= 11 is 1.65. The van der Waals surface area contributed by atoms with Gasteiger partial charge in [0, 0.05) is 12.5 Å². The van der Waals surface area contributed by atoms with Gasteiger partial charge in [-0.2, -0.15) is 0 Å². The van der Waals surface area contributed by atoms with Crippen LogP contribution in [-0.2, 0) is 20.7 Å². The number of carbonyl (C=O) groups excluding carboxylic acids is 2. The summed E-state index contributed by atoms with van der Waals surface area (Å²) in [6.45, 7) is 3.81. The van der Waals surface area contributed by atoms with E-state index in [1.165, 1.54) is 0 Å². The zero-order valence-corrected chi connectivity index (χ0v) is 15.0. The molecule has 1 amide bonds. The van der Waals surface area contributed by atoms with E-state index in [-0.39, 0.29) is 24.5 Å². The molecule has 0 spiro atoms. The summed E-state index contributed by atoms with van der Waals surface area (Å²) in [7, 11) is 0. The number of rotatable bonds is 9. The Kier molecular flexibility index (Phi) is 7.18. The van der Waals surface area contributed by atoms with Gasteiger partial charge in [0.2, 0.25) is 0 Å². The van der Waals surface area contributed by atoms with Gasteiger partial charge in [0.15, 0.2) is 6.61 Å². The second kappa shape index (κ2) is 9.37. The van der Waals surface area contributed by atoms with E-state index in [0.717, 1.165) is 34.5 Å². The van der Waals surface area contributed by atoms with E-state index in [4.69, 9.17) is 4.74 Å². The van der Waals surface area contributed by atoms with Crippen LogP contribution in [0.2, 0.25) is 0 Å². The Bertz CT molecular complexity index is 651. The van der Waals surface area contributed by atoms with Crippen molar-refractivity contribution < 1.29 is 14.3 Å². The van der Waals surface area contributed by atoms with Gasteiger partial charge in [-0.25, -0.2) is 4.98 Å². The monoisotopic (exact) mass is 348 g/mol. The van der Waals surface area contributed by atoms with Crippen molar-refractivity contribution in [2.75, 3.05) is 6.61 Å². The number of esters is 1. The molecule has 1 N–H and O–H groups in total. The van der Waals surface area contributed by atoms with Crippen LogP contribution in [0.15, 0.2) is 24.3 Å². The molecule has 0 aliphatic carbocycles. The maximum atomic E-state index is 11.7. The van der Waals surface area contributed by atoms with Crippen LogP contribution in [0.4, 0.5) is 0 Å². The topological polar surface area (TPSA) is 68.3 Å². The second-order valence-corrected chi connectivity index (χ2v) is 6.96. The summed E-state index contributed by atoms with van der Waals surface area (Å²) in [6.07, 6.45) is 3.64. The van der Waals surface area contributed by atoms with Gasteiger partial charge >= 0.3 is 5.97 Å². The third kappa shape index (κ3) is 5.92. The predicted octanol–water partition coefficient (Wildman–Crippen LogP) is 3.47. The highest BCUT2D eigenvalue weighted by atomic mass is 32.1. The normalized spacial score (nSPS) is 12.1. The largest absolute Gasteiger partial charge is 0.456 e. The van der Waals surface area contributed by atoms with Crippen molar-refractivity contribution in [1.29, 1.82) is 0 Å². The molecule has 1 aromatic heterocycles. The average Bonchev–Trinajstić information content (AvgIpc) is 2.96. The van der Waals surface area contributed by atoms with Crippen LogP contribution < -0.4 is 5.32 Å². The minimum absolute atomic E-state index is 0.111. The average molecular weight is 348 g/mol. The third-order valence-electron chi connectivity index (χ3n) is 3.60. The first-order valence-electron chi connectivity index (χ1n) is 8.38. The number of aryl methyl sites for hydroxylation is 1. The number of carbonyl (C=O) groups is 2. The SMILES string of the molecule is CCC[C@@H](C)NC(=O)COC(=O)CCCc1nc2ccccc2s1. The van der Waals surface area contributed by atoms with E-state index in [9.17, 15) is 9.59 Å². The molecule has 0 saturated heterocycles. The molecule has 0 aliphatic rings. The molecule has 0 aliphatic heterocycles. The van der Waals surface area contributed by atoms with E-state index in [1.54, 1.807) is 11.3 Å². The molecule has 2 rings (SSSR count). The van der Waals surface area contributed by atoms with Crippen LogP contribution in [0, 0.1) is 0 Å². The van der Waals surface area contributed by atoms with E-state index in [0.29, 0.717) is 12.8 Å². The fourth-order valence-electron chi connectivity index (χ4n) is 2.45. The lowest BCUT2D eigenvalue weighted by Gasteiger charge is -2.12. The van der Waals surface area contributed by atoms with E-state index in [1.807, 2.05) is 31.2 Å². The molecule has 1 atom stereocenters. The highest BCUT2D eigenvalue weighted by Gasteiger charge is 2.10. The number of amides is 1. The predicted molar refractivity (Wildman–Crippen MR) is 96.0 cm³/mol. The first-order valence-corrected chi connectivity index (χ1v) is 9.19. The molecule has 1 aromatic carbocycles. The Labute approximate surface area is 146 Å². The standard InChI is InChI=1S/C18H24N2O3S/c1-3-7-13(2)19-16(21)12-23-18(22)11-6-10-17-20-14-8-4-5-9-15(14)24-17/h4-5,8-9,13H,3,6-7,10-12H2,1-2H3,(H,19,21)/t13-/m1/s1. The number of hydrogen-bond donors (Lipinski definition) is 1. The van der Waals surface area contributed by atoms with Gasteiger partial charge in [-0.1, -0.05) is 25.5 Å². The van der Waals surface area contributed by atoms with Gasteiger partial charge in [-0.3, -0.25) is 9.59 Å². The molecule has 0 saturated carbocycles. The number of fused-ring (bicyclic) bond motifs is 1. The molecule has 1 heterocycles. The Morgan fingerprint density at radius 3 is 2.88 bits per heavy atom. The summed E-state index contributed by atoms with van der Waals surface area (Å²) in [5.41, 5.74) is 0.998. The molecular weight excluding hydrogens is 324 g/mol. The van der Waals surface area contributed by atoms with Crippen molar-refractivity contribution >= 4 is 33.4 Å². The highest BCUT2D eigenvalue weighted by Crippen LogP contribution is 2.22. The van der Waals surface area contributed by atoms with Crippen LogP contribution in [0.3, 0.4) is 0 Å². The first-order chi connectivity index (χ1) is 11.6. The number of nitrogens with zero attached hydrogens (tertiary/aromatic N) is 1. The van der Waals surface area contributed by atoms with Gasteiger partial charge in [-0.15, -0.1) is 11.3 Å². The zero-order chi connectivity index (χ0) is 17.4. The Morgan fingerprint density at radius 1 is 1.33 bits per heavy atom. The van der Waals surface area contributed by atoms with Crippen LogP contribution in [0.1, 0.15) is 44.5 Å². The Hall–Kier alpha value is -1.95. The van der Waals surface area contributed by atoms with Crippen molar-refractivity contribution in [3.8, 4) is 0 Å². The van der Waals surface area contributed by atoms with Crippen molar-refractivity contribution in [3.63, 3.8) is 0 Å². The fourth-order valence-corrected chi connectivity index (χ4v) is 3.46. The molecule has 130 valence electrons. The Balaban J connectivity index is 1.65. The molecular formula is C18H24N2O3S. The molecule has 6 heteroatoms. The first kappa shape index (κ1) is 18.4. The zero-order valence-electron chi connectivity index (χ0n) is 14.2. The van der Waals surface area contributed by atoms with Gasteiger partial charge < -0.3 is 10.1 Å². The van der Waals surface area contributed by atoms with Crippen LogP contribution >= 0.6 is 11.3 Å². The number of ether oxygens (including phenoxy) is 1. The maximum Gasteiger partial charge on any atom is 0.306 e. The maximum absolute atomic E-state index is 11.7. The van der Waals surface area contributed by atoms with Gasteiger partial charge in [-0.05, 0) is 38.3 Å². The number of benzene rings is 1. The lowest BCUT2D eigenvalue weighted by Crippen LogP contribution is -2.35. The summed E-state index contributed by atoms with van der Waals surface area (Å²) in [5, 5.41) is 3.83. The number of para-hydroxylation sites is 1.